The molecule has 4 nitrogen and oxygen atoms in total. The molecule has 2 N–H and O–H groups in total. The van der Waals surface area contributed by atoms with Crippen LogP contribution in [0.25, 0.3) is 0 Å². The first-order chi connectivity index (χ1) is 18.2. The van der Waals surface area contributed by atoms with Crippen LogP contribution in [0, 0.1) is 0 Å². The number of rotatable bonds is 4. The van der Waals surface area contributed by atoms with Gasteiger partial charge in [-0.15, -0.1) is 0 Å². The molecule has 0 saturated heterocycles. The second kappa shape index (κ2) is 14.0. The fourth-order valence-corrected chi connectivity index (χ4v) is 5.31. The first-order valence-electron chi connectivity index (χ1n) is 15.0. The van der Waals surface area contributed by atoms with Crippen molar-refractivity contribution >= 4 is 12.4 Å². The molecule has 0 aromatic heterocycles. The predicted octanol–water partition coefficient (Wildman–Crippen LogP) is 6.14. The van der Waals surface area contributed by atoms with Crippen molar-refractivity contribution < 1.29 is 44.6 Å². The summed E-state index contributed by atoms with van der Waals surface area (Å²) < 4.78 is 0. The Hall–Kier alpha value is -1.61. The van der Waals surface area contributed by atoms with E-state index in [1.807, 2.05) is 12.4 Å². The summed E-state index contributed by atoms with van der Waals surface area (Å²) in [7, 11) is 0. The van der Waals surface area contributed by atoms with Gasteiger partial charge in [0.05, 0.1) is 12.1 Å². The van der Waals surface area contributed by atoms with Crippen LogP contribution in [0.1, 0.15) is 142 Å². The van der Waals surface area contributed by atoms with Gasteiger partial charge in [-0.2, -0.15) is 0 Å². The van der Waals surface area contributed by atoms with E-state index in [4.69, 9.17) is 9.98 Å². The summed E-state index contributed by atoms with van der Waals surface area (Å²) in [5.41, 5.74) is 5.39. The number of benzene rings is 2. The smallest absolute Gasteiger partial charge is 0.128 e. The number of hydrogen-bond donors (Lipinski definition) is 2. The fraction of sp³-hybridized carbons (Fsp3) is 0.611. The van der Waals surface area contributed by atoms with Gasteiger partial charge in [-0.1, -0.05) is 108 Å². The number of aliphatic imine (C=N–C) groups is 2. The number of hydrogen-bond acceptors (Lipinski definition) is 4. The summed E-state index contributed by atoms with van der Waals surface area (Å²) in [5, 5.41) is 22.5. The second-order valence-electron chi connectivity index (χ2n) is 15.9. The van der Waals surface area contributed by atoms with Gasteiger partial charge in [0.2, 0.25) is 0 Å². The summed E-state index contributed by atoms with van der Waals surface area (Å²) in [6, 6.07) is 8.53. The molecule has 2 aromatic carbocycles. The van der Waals surface area contributed by atoms with Gasteiger partial charge >= 0.3 is 0 Å². The maximum atomic E-state index is 11.2. The quantitative estimate of drug-likeness (QED) is 0.382. The van der Waals surface area contributed by atoms with E-state index >= 15 is 0 Å². The van der Waals surface area contributed by atoms with Crippen LogP contribution >= 0.6 is 0 Å². The average molecular weight is 679 g/mol. The molecule has 2 aromatic rings. The molecule has 1 fully saturated rings. The van der Waals surface area contributed by atoms with Crippen molar-refractivity contribution in [3.05, 3.63) is 57.6 Å². The van der Waals surface area contributed by atoms with Crippen LogP contribution in [0.15, 0.2) is 34.3 Å². The van der Waals surface area contributed by atoms with Gasteiger partial charge in [0, 0.05) is 52.0 Å². The van der Waals surface area contributed by atoms with Crippen molar-refractivity contribution in [1.82, 2.24) is 0 Å². The van der Waals surface area contributed by atoms with E-state index in [0.717, 1.165) is 47.9 Å². The number of phenols is 2. The SMILES string of the molecule is CC(C)(C)c1cc(C=N[C@@H]2CCCC[C@H]2N=Cc2cc(C(C)(C)C)cc(C(C)(C)C)c2O)c(O)c(C(C)(C)C)c1.[Br-].[Cr]. The monoisotopic (exact) mass is 677 g/mol. The molecule has 0 spiro atoms. The van der Waals surface area contributed by atoms with Crippen LogP contribution in [0.2, 0.25) is 0 Å². The predicted molar refractivity (Wildman–Crippen MR) is 172 cm³/mol. The molecule has 3 rings (SSSR count). The third-order valence-electron chi connectivity index (χ3n) is 8.13. The van der Waals surface area contributed by atoms with Crippen molar-refractivity contribution in [3.63, 3.8) is 0 Å². The van der Waals surface area contributed by atoms with Gasteiger partial charge in [-0.05, 0) is 57.8 Å². The zero-order valence-electron chi connectivity index (χ0n) is 28.0. The summed E-state index contributed by atoms with van der Waals surface area (Å²) in [4.78, 5) is 10.1. The third-order valence-corrected chi connectivity index (χ3v) is 8.13. The minimum atomic E-state index is -0.179. The third kappa shape index (κ3) is 9.44. The second-order valence-corrected chi connectivity index (χ2v) is 15.9. The Kier molecular flexibility index (Phi) is 12.8. The Morgan fingerprint density at radius 3 is 1.14 bits per heavy atom. The number of halogens is 1. The number of phenolic OH excluding ortho intramolecular Hbond substituents is 2. The Morgan fingerprint density at radius 2 is 0.881 bits per heavy atom. The Balaban J connectivity index is 0.00000441. The maximum Gasteiger partial charge on any atom is 0.128 e. The molecule has 1 aliphatic carbocycles. The number of nitrogens with zero attached hydrogens (tertiary/aromatic N) is 2. The molecular formula is C36H54BrCrN2O2-. The molecule has 42 heavy (non-hydrogen) atoms. The molecule has 1 saturated carbocycles. The molecule has 1 aliphatic rings. The van der Waals surface area contributed by atoms with E-state index in [9.17, 15) is 10.2 Å². The summed E-state index contributed by atoms with van der Waals surface area (Å²) in [6.45, 7) is 26.0. The molecule has 234 valence electrons. The first kappa shape index (κ1) is 38.4. The molecule has 0 unspecified atom stereocenters. The van der Waals surface area contributed by atoms with Crippen molar-refractivity contribution in [1.29, 1.82) is 0 Å². The molecule has 0 amide bonds. The van der Waals surface area contributed by atoms with Gasteiger partial charge in [-0.25, -0.2) is 0 Å². The van der Waals surface area contributed by atoms with Gasteiger partial charge in [0.1, 0.15) is 11.5 Å². The van der Waals surface area contributed by atoms with Crippen molar-refractivity contribution in [2.45, 2.75) is 143 Å². The van der Waals surface area contributed by atoms with Gasteiger partial charge in [0.25, 0.3) is 0 Å². The Labute approximate surface area is 277 Å². The van der Waals surface area contributed by atoms with Crippen LogP contribution in [0.3, 0.4) is 0 Å². The largest absolute Gasteiger partial charge is 1.00 e. The Morgan fingerprint density at radius 1 is 0.571 bits per heavy atom. The van der Waals surface area contributed by atoms with Crippen LogP contribution < -0.4 is 17.0 Å². The van der Waals surface area contributed by atoms with Crippen LogP contribution in [0.4, 0.5) is 0 Å². The molecule has 2 atom stereocenters. The normalized spacial score (nSPS) is 18.7. The topological polar surface area (TPSA) is 65.2 Å². The molecule has 0 bridgehead atoms. The van der Waals surface area contributed by atoms with Crippen molar-refractivity contribution in [2.24, 2.45) is 9.98 Å². The zero-order chi connectivity index (χ0) is 30.3. The van der Waals surface area contributed by atoms with E-state index < -0.39 is 0 Å². The maximum absolute atomic E-state index is 11.2. The van der Waals surface area contributed by atoms with Crippen LogP contribution in [0.5, 0.6) is 11.5 Å². The van der Waals surface area contributed by atoms with E-state index in [1.54, 1.807) is 0 Å². The van der Waals surface area contributed by atoms with Crippen LogP contribution in [-0.2, 0) is 39.0 Å². The fourth-order valence-electron chi connectivity index (χ4n) is 5.31. The minimum absolute atomic E-state index is 0. The van der Waals surface area contributed by atoms with E-state index in [-0.39, 0.29) is 68.1 Å². The van der Waals surface area contributed by atoms with Gasteiger partial charge in [0.15, 0.2) is 0 Å². The molecular weight excluding hydrogens is 624 g/mol. The molecule has 0 aliphatic heterocycles. The number of aromatic hydroxyl groups is 2. The first-order valence-corrected chi connectivity index (χ1v) is 15.0. The van der Waals surface area contributed by atoms with E-state index in [2.05, 4.69) is 107 Å². The molecule has 0 heterocycles. The summed E-state index contributed by atoms with van der Waals surface area (Å²) >= 11 is 0. The minimum Gasteiger partial charge on any atom is -1.00 e. The van der Waals surface area contributed by atoms with Gasteiger partial charge < -0.3 is 27.2 Å². The zero-order valence-corrected chi connectivity index (χ0v) is 30.9. The Bertz CT molecular complexity index is 1170. The average Bonchev–Trinajstić information content (AvgIpc) is 2.80. The van der Waals surface area contributed by atoms with Crippen molar-refractivity contribution in [3.8, 4) is 11.5 Å². The molecule has 0 radical (unpaired) electrons. The van der Waals surface area contributed by atoms with Gasteiger partial charge in [-0.3, -0.25) is 9.98 Å². The molecule has 6 heteroatoms. The van der Waals surface area contributed by atoms with Crippen molar-refractivity contribution in [2.75, 3.05) is 0 Å². The standard InChI is InChI=1S/C36H54N2O2.BrH.Cr/c1-33(2,3)25-17-23(31(39)27(19-25)35(7,8)9)21-37-29-15-13-14-16-30(29)38-22-24-18-26(34(4,5)6)20-28(32(24)40)36(10,11)12;;/h17-22,29-30,39-40H,13-16H2,1-12H3;1H;/p-1/t29-,30-;;/m1../s1. The van der Waals surface area contributed by atoms with E-state index in [1.165, 1.54) is 11.1 Å². The summed E-state index contributed by atoms with van der Waals surface area (Å²) in [6.07, 6.45) is 7.90. The van der Waals surface area contributed by atoms with E-state index in [0.29, 0.717) is 11.5 Å². The summed E-state index contributed by atoms with van der Waals surface area (Å²) in [5.74, 6) is 0.637. The van der Waals surface area contributed by atoms with Crippen LogP contribution in [-0.4, -0.2) is 34.7 Å².